The summed E-state index contributed by atoms with van der Waals surface area (Å²) in [7, 11) is 0. The number of carbonyl (C=O) groups is 1. The molecule has 0 saturated heterocycles. The van der Waals surface area contributed by atoms with E-state index in [9.17, 15) is 4.79 Å². The van der Waals surface area contributed by atoms with Gasteiger partial charge in [-0.3, -0.25) is 0 Å². The molecule has 1 aromatic rings. The van der Waals surface area contributed by atoms with Crippen molar-refractivity contribution in [2.24, 2.45) is 0 Å². The lowest BCUT2D eigenvalue weighted by Gasteiger charge is -2.18. The van der Waals surface area contributed by atoms with Gasteiger partial charge in [-0.25, -0.2) is 4.79 Å². The van der Waals surface area contributed by atoms with Crippen LogP contribution in [0.15, 0.2) is 12.1 Å². The number of nitrogens with zero attached hydrogens (tertiary/aromatic N) is 3. The van der Waals surface area contributed by atoms with Crippen LogP contribution in [0.1, 0.15) is 24.3 Å². The lowest BCUT2D eigenvalue weighted by atomic mass is 10.3. The number of aromatic nitrogens is 2. The van der Waals surface area contributed by atoms with Crippen molar-refractivity contribution < 1.29 is 9.90 Å². The first kappa shape index (κ1) is 10.4. The van der Waals surface area contributed by atoms with Crippen molar-refractivity contribution >= 4 is 11.8 Å². The molecule has 5 nitrogen and oxygen atoms in total. The molecule has 1 heterocycles. The van der Waals surface area contributed by atoms with Crippen molar-refractivity contribution in [3.05, 3.63) is 17.8 Å². The van der Waals surface area contributed by atoms with Gasteiger partial charge in [0.15, 0.2) is 11.5 Å². The molecule has 1 aromatic heterocycles. The summed E-state index contributed by atoms with van der Waals surface area (Å²) < 4.78 is 0. The Morgan fingerprint density at radius 3 is 2.36 bits per heavy atom. The molecule has 0 atom stereocenters. The van der Waals surface area contributed by atoms with Gasteiger partial charge in [0.05, 0.1) is 0 Å². The summed E-state index contributed by atoms with van der Waals surface area (Å²) >= 11 is 0. The van der Waals surface area contributed by atoms with Crippen LogP contribution in [-0.4, -0.2) is 34.4 Å². The molecule has 0 radical (unpaired) electrons. The molecule has 76 valence electrons. The van der Waals surface area contributed by atoms with E-state index in [2.05, 4.69) is 10.2 Å². The molecular formula is C9H13N3O2. The summed E-state index contributed by atoms with van der Waals surface area (Å²) in [6.45, 7) is 5.68. The zero-order valence-electron chi connectivity index (χ0n) is 8.27. The van der Waals surface area contributed by atoms with Crippen LogP contribution in [0.4, 0.5) is 5.82 Å². The van der Waals surface area contributed by atoms with Gasteiger partial charge >= 0.3 is 5.97 Å². The van der Waals surface area contributed by atoms with Gasteiger partial charge in [0.25, 0.3) is 0 Å². The minimum atomic E-state index is -1.05. The zero-order chi connectivity index (χ0) is 10.6. The van der Waals surface area contributed by atoms with Crippen LogP contribution in [0, 0.1) is 0 Å². The van der Waals surface area contributed by atoms with Crippen LogP contribution >= 0.6 is 0 Å². The van der Waals surface area contributed by atoms with E-state index in [1.54, 1.807) is 6.07 Å². The van der Waals surface area contributed by atoms with Crippen molar-refractivity contribution in [1.29, 1.82) is 0 Å². The Bertz CT molecular complexity index is 306. The van der Waals surface area contributed by atoms with Gasteiger partial charge in [0.2, 0.25) is 0 Å². The van der Waals surface area contributed by atoms with Gasteiger partial charge in [-0.1, -0.05) is 0 Å². The fourth-order valence-electron chi connectivity index (χ4n) is 1.16. The lowest BCUT2D eigenvalue weighted by molar-refractivity contribution is 0.0689. The molecule has 0 spiro atoms. The number of carboxylic acid groups (broad SMARTS) is 1. The molecule has 0 unspecified atom stereocenters. The fourth-order valence-corrected chi connectivity index (χ4v) is 1.16. The molecular weight excluding hydrogens is 182 g/mol. The predicted octanol–water partition coefficient (Wildman–Crippen LogP) is 1.02. The molecule has 0 aliphatic heterocycles. The maximum atomic E-state index is 10.5. The maximum absolute atomic E-state index is 10.5. The third-order valence-corrected chi connectivity index (χ3v) is 1.96. The molecule has 1 N–H and O–H groups in total. The van der Waals surface area contributed by atoms with Crippen molar-refractivity contribution in [2.75, 3.05) is 18.0 Å². The van der Waals surface area contributed by atoms with Gasteiger partial charge < -0.3 is 10.0 Å². The lowest BCUT2D eigenvalue weighted by Crippen LogP contribution is -2.23. The zero-order valence-corrected chi connectivity index (χ0v) is 8.27. The second-order valence-corrected chi connectivity index (χ2v) is 2.75. The minimum absolute atomic E-state index is 0.0269. The molecule has 0 aliphatic carbocycles. The molecule has 0 amide bonds. The van der Waals surface area contributed by atoms with Crippen molar-refractivity contribution in [3.8, 4) is 0 Å². The average molecular weight is 195 g/mol. The summed E-state index contributed by atoms with van der Waals surface area (Å²) in [6, 6.07) is 3.13. The van der Waals surface area contributed by atoms with Crippen LogP contribution in [0.25, 0.3) is 0 Å². The Hall–Kier alpha value is -1.65. The number of anilines is 1. The van der Waals surface area contributed by atoms with E-state index in [1.807, 2.05) is 18.7 Å². The Labute approximate surface area is 82.4 Å². The van der Waals surface area contributed by atoms with Gasteiger partial charge in [-0.15, -0.1) is 10.2 Å². The fraction of sp³-hybridized carbons (Fsp3) is 0.444. The van der Waals surface area contributed by atoms with Crippen LogP contribution in [0.3, 0.4) is 0 Å². The Morgan fingerprint density at radius 1 is 1.36 bits per heavy atom. The predicted molar refractivity (Wildman–Crippen MR) is 52.6 cm³/mol. The van der Waals surface area contributed by atoms with E-state index in [4.69, 9.17) is 5.11 Å². The number of rotatable bonds is 4. The Morgan fingerprint density at radius 2 is 2.00 bits per heavy atom. The van der Waals surface area contributed by atoms with Gasteiger partial charge in [0.1, 0.15) is 0 Å². The topological polar surface area (TPSA) is 66.3 Å². The third-order valence-electron chi connectivity index (χ3n) is 1.96. The molecule has 5 heteroatoms. The number of hydrogen-bond donors (Lipinski definition) is 1. The van der Waals surface area contributed by atoms with Crippen molar-refractivity contribution in [1.82, 2.24) is 10.2 Å². The van der Waals surface area contributed by atoms with E-state index in [1.165, 1.54) is 6.07 Å². The standard InChI is InChI=1S/C9H13N3O2/c1-3-12(4-2)8-6-5-7(9(13)14)10-11-8/h5-6H,3-4H2,1-2H3,(H,13,14). The van der Waals surface area contributed by atoms with E-state index in [0.717, 1.165) is 13.1 Å². The Balaban J connectivity index is 2.87. The third kappa shape index (κ3) is 2.18. The van der Waals surface area contributed by atoms with E-state index in [0.29, 0.717) is 5.82 Å². The van der Waals surface area contributed by atoms with Gasteiger partial charge in [0, 0.05) is 13.1 Å². The highest BCUT2D eigenvalue weighted by molar-refractivity contribution is 5.85. The van der Waals surface area contributed by atoms with E-state index >= 15 is 0 Å². The second kappa shape index (κ2) is 4.55. The molecule has 0 aliphatic rings. The normalized spacial score (nSPS) is 9.86. The highest BCUT2D eigenvalue weighted by Crippen LogP contribution is 2.08. The highest BCUT2D eigenvalue weighted by atomic mass is 16.4. The monoisotopic (exact) mass is 195 g/mol. The molecule has 0 aromatic carbocycles. The van der Waals surface area contributed by atoms with Crippen LogP contribution in [-0.2, 0) is 0 Å². The number of hydrogen-bond acceptors (Lipinski definition) is 4. The summed E-state index contributed by atoms with van der Waals surface area (Å²) in [4.78, 5) is 12.5. The first-order chi connectivity index (χ1) is 6.69. The Kier molecular flexibility index (Phi) is 3.39. The highest BCUT2D eigenvalue weighted by Gasteiger charge is 2.07. The first-order valence-electron chi connectivity index (χ1n) is 4.51. The average Bonchev–Trinajstić information content (AvgIpc) is 2.20. The molecule has 1 rings (SSSR count). The summed E-state index contributed by atoms with van der Waals surface area (Å²) in [6.07, 6.45) is 0. The van der Waals surface area contributed by atoms with Crippen LogP contribution < -0.4 is 4.90 Å². The number of carboxylic acids is 1. The molecule has 0 fully saturated rings. The SMILES string of the molecule is CCN(CC)c1ccc(C(=O)O)nn1. The van der Waals surface area contributed by atoms with Crippen molar-refractivity contribution in [2.45, 2.75) is 13.8 Å². The summed E-state index contributed by atoms with van der Waals surface area (Å²) in [5, 5.41) is 16.1. The van der Waals surface area contributed by atoms with Crippen LogP contribution in [0.5, 0.6) is 0 Å². The number of aromatic carboxylic acids is 1. The van der Waals surface area contributed by atoms with E-state index in [-0.39, 0.29) is 5.69 Å². The minimum Gasteiger partial charge on any atom is -0.476 e. The summed E-state index contributed by atoms with van der Waals surface area (Å²) in [5.41, 5.74) is -0.0269. The second-order valence-electron chi connectivity index (χ2n) is 2.75. The van der Waals surface area contributed by atoms with E-state index < -0.39 is 5.97 Å². The quantitative estimate of drug-likeness (QED) is 0.777. The maximum Gasteiger partial charge on any atom is 0.356 e. The molecule has 14 heavy (non-hydrogen) atoms. The smallest absolute Gasteiger partial charge is 0.356 e. The van der Waals surface area contributed by atoms with Gasteiger partial charge in [-0.05, 0) is 26.0 Å². The largest absolute Gasteiger partial charge is 0.476 e. The van der Waals surface area contributed by atoms with Crippen LogP contribution in [0.2, 0.25) is 0 Å². The summed E-state index contributed by atoms with van der Waals surface area (Å²) in [5.74, 6) is -0.344. The van der Waals surface area contributed by atoms with Gasteiger partial charge in [-0.2, -0.15) is 0 Å². The van der Waals surface area contributed by atoms with Crippen molar-refractivity contribution in [3.63, 3.8) is 0 Å². The molecule has 0 saturated carbocycles. The first-order valence-corrected chi connectivity index (χ1v) is 4.51. The molecule has 0 bridgehead atoms.